The fourth-order valence-corrected chi connectivity index (χ4v) is 3.52. The van der Waals surface area contributed by atoms with Gasteiger partial charge in [0.1, 0.15) is 5.69 Å². The van der Waals surface area contributed by atoms with Crippen LogP contribution in [0.3, 0.4) is 0 Å². The second-order valence-corrected chi connectivity index (χ2v) is 6.78. The van der Waals surface area contributed by atoms with Crippen LogP contribution >= 0.6 is 11.3 Å². The molecule has 24 heavy (non-hydrogen) atoms. The topological polar surface area (TPSA) is 56.0 Å². The second kappa shape index (κ2) is 6.24. The Balaban J connectivity index is 1.90. The second-order valence-electron chi connectivity index (χ2n) is 6.00. The fourth-order valence-electron chi connectivity index (χ4n) is 2.86. The molecule has 0 aliphatic rings. The quantitative estimate of drug-likeness (QED) is 0.732. The van der Waals surface area contributed by atoms with Gasteiger partial charge in [-0.2, -0.15) is 21.5 Å². The molecular weight excluding hydrogens is 322 g/mol. The number of carbonyl (C=O) groups is 1. The minimum atomic E-state index is -0.0401. The van der Waals surface area contributed by atoms with Crippen LogP contribution in [0.1, 0.15) is 27.4 Å². The van der Waals surface area contributed by atoms with Gasteiger partial charge in [0.05, 0.1) is 11.4 Å². The van der Waals surface area contributed by atoms with Crippen molar-refractivity contribution in [1.29, 1.82) is 0 Å². The molecule has 0 unspecified atom stereocenters. The first-order valence-electron chi connectivity index (χ1n) is 7.69. The summed E-state index contributed by atoms with van der Waals surface area (Å²) in [6.45, 7) is 4.56. The number of thiophene rings is 1. The van der Waals surface area contributed by atoms with E-state index in [4.69, 9.17) is 0 Å². The molecule has 6 nitrogen and oxygen atoms in total. The van der Waals surface area contributed by atoms with Crippen LogP contribution in [0.2, 0.25) is 0 Å². The van der Waals surface area contributed by atoms with Gasteiger partial charge in [-0.05, 0) is 42.3 Å². The average molecular weight is 343 g/mol. The largest absolute Gasteiger partial charge is 0.336 e. The van der Waals surface area contributed by atoms with Crippen LogP contribution in [0.15, 0.2) is 22.9 Å². The molecule has 3 rings (SSSR count). The Hall–Kier alpha value is -2.41. The van der Waals surface area contributed by atoms with Gasteiger partial charge in [0.25, 0.3) is 5.91 Å². The van der Waals surface area contributed by atoms with E-state index in [1.54, 1.807) is 28.0 Å². The molecule has 0 bridgehead atoms. The highest BCUT2D eigenvalue weighted by Crippen LogP contribution is 2.26. The van der Waals surface area contributed by atoms with Crippen LogP contribution in [-0.2, 0) is 20.6 Å². The van der Waals surface area contributed by atoms with E-state index in [9.17, 15) is 4.79 Å². The maximum absolute atomic E-state index is 12.8. The Bertz CT molecular complexity index is 875. The Morgan fingerprint density at radius 1 is 1.25 bits per heavy atom. The average Bonchev–Trinajstić information content (AvgIpc) is 3.21. The smallest absolute Gasteiger partial charge is 0.272 e. The Labute approximate surface area is 145 Å². The molecule has 0 saturated heterocycles. The van der Waals surface area contributed by atoms with Crippen molar-refractivity contribution < 1.29 is 4.79 Å². The van der Waals surface area contributed by atoms with Gasteiger partial charge in [0.15, 0.2) is 0 Å². The summed E-state index contributed by atoms with van der Waals surface area (Å²) < 4.78 is 3.48. The molecule has 0 spiro atoms. The van der Waals surface area contributed by atoms with Crippen LogP contribution in [0.5, 0.6) is 0 Å². The van der Waals surface area contributed by atoms with Gasteiger partial charge in [-0.1, -0.05) is 0 Å². The number of carbonyl (C=O) groups excluding carboxylic acids is 1. The van der Waals surface area contributed by atoms with Gasteiger partial charge in [-0.15, -0.1) is 0 Å². The highest BCUT2D eigenvalue weighted by Gasteiger charge is 2.21. The predicted molar refractivity (Wildman–Crippen MR) is 95.0 cm³/mol. The zero-order chi connectivity index (χ0) is 17.4. The van der Waals surface area contributed by atoms with Gasteiger partial charge in [-0.25, -0.2) is 0 Å². The summed E-state index contributed by atoms with van der Waals surface area (Å²) in [7, 11) is 5.53. The van der Waals surface area contributed by atoms with Crippen LogP contribution in [-0.4, -0.2) is 37.4 Å². The summed E-state index contributed by atoms with van der Waals surface area (Å²) in [4.78, 5) is 14.5. The van der Waals surface area contributed by atoms with E-state index in [-0.39, 0.29) is 5.91 Å². The van der Waals surface area contributed by atoms with Crippen LogP contribution in [0.4, 0.5) is 0 Å². The standard InChI is InChI=1S/C17H21N5OS/c1-11-16(12(2)21(4)18-11)14-8-15(22(5)19-14)17(23)20(3)9-13-6-7-24-10-13/h6-8,10H,9H2,1-5H3. The number of amides is 1. The van der Waals surface area contributed by atoms with E-state index < -0.39 is 0 Å². The van der Waals surface area contributed by atoms with Crippen molar-refractivity contribution in [3.63, 3.8) is 0 Å². The maximum atomic E-state index is 12.8. The van der Waals surface area contributed by atoms with Crippen molar-refractivity contribution in [2.45, 2.75) is 20.4 Å². The van der Waals surface area contributed by atoms with E-state index in [0.717, 1.165) is 28.2 Å². The molecule has 3 aromatic rings. The molecule has 1 amide bonds. The molecule has 0 radical (unpaired) electrons. The molecule has 7 heteroatoms. The van der Waals surface area contributed by atoms with Crippen LogP contribution in [0, 0.1) is 13.8 Å². The summed E-state index contributed by atoms with van der Waals surface area (Å²) in [5.41, 5.74) is 5.44. The van der Waals surface area contributed by atoms with E-state index in [1.165, 1.54) is 0 Å². The van der Waals surface area contributed by atoms with Crippen molar-refractivity contribution in [1.82, 2.24) is 24.5 Å². The highest BCUT2D eigenvalue weighted by atomic mass is 32.1. The summed E-state index contributed by atoms with van der Waals surface area (Å²) >= 11 is 1.63. The Kier molecular flexibility index (Phi) is 4.28. The van der Waals surface area contributed by atoms with Crippen molar-refractivity contribution in [3.8, 4) is 11.3 Å². The first-order valence-corrected chi connectivity index (χ1v) is 8.64. The van der Waals surface area contributed by atoms with Crippen LogP contribution < -0.4 is 0 Å². The number of hydrogen-bond donors (Lipinski definition) is 0. The predicted octanol–water partition coefficient (Wildman–Crippen LogP) is 2.77. The summed E-state index contributed by atoms with van der Waals surface area (Å²) in [6, 6.07) is 3.88. The van der Waals surface area contributed by atoms with Gasteiger partial charge >= 0.3 is 0 Å². The number of aromatic nitrogens is 4. The third kappa shape index (κ3) is 2.87. The lowest BCUT2D eigenvalue weighted by atomic mass is 10.1. The lowest BCUT2D eigenvalue weighted by molar-refractivity contribution is 0.0774. The monoisotopic (exact) mass is 343 g/mol. The van der Waals surface area contributed by atoms with Crippen molar-refractivity contribution >= 4 is 17.2 Å². The van der Waals surface area contributed by atoms with E-state index in [2.05, 4.69) is 15.6 Å². The van der Waals surface area contributed by atoms with Gasteiger partial charge in [-0.3, -0.25) is 14.2 Å². The first-order chi connectivity index (χ1) is 11.4. The molecule has 0 aliphatic heterocycles. The molecule has 0 atom stereocenters. The van der Waals surface area contributed by atoms with E-state index in [0.29, 0.717) is 12.2 Å². The number of hydrogen-bond acceptors (Lipinski definition) is 4. The summed E-state index contributed by atoms with van der Waals surface area (Å²) in [5.74, 6) is -0.0401. The number of rotatable bonds is 4. The fraction of sp³-hybridized carbons (Fsp3) is 0.353. The summed E-state index contributed by atoms with van der Waals surface area (Å²) in [6.07, 6.45) is 0. The van der Waals surface area contributed by atoms with Gasteiger partial charge in [0, 0.05) is 38.9 Å². The first kappa shape index (κ1) is 16.4. The number of aryl methyl sites for hydroxylation is 3. The molecule has 0 N–H and O–H groups in total. The minimum Gasteiger partial charge on any atom is -0.336 e. The molecule has 0 aliphatic carbocycles. The zero-order valence-corrected chi connectivity index (χ0v) is 15.4. The van der Waals surface area contributed by atoms with Crippen LogP contribution in [0.25, 0.3) is 11.3 Å². The molecule has 0 saturated carbocycles. The highest BCUT2D eigenvalue weighted by molar-refractivity contribution is 7.07. The molecule has 126 valence electrons. The lowest BCUT2D eigenvalue weighted by Crippen LogP contribution is -2.27. The lowest BCUT2D eigenvalue weighted by Gasteiger charge is -2.16. The number of nitrogens with zero attached hydrogens (tertiary/aromatic N) is 5. The SMILES string of the molecule is Cc1nn(C)c(C)c1-c1cc(C(=O)N(C)Cc2ccsc2)n(C)n1. The van der Waals surface area contributed by atoms with E-state index >= 15 is 0 Å². The van der Waals surface area contributed by atoms with Gasteiger partial charge < -0.3 is 4.90 Å². The Morgan fingerprint density at radius 2 is 2.00 bits per heavy atom. The van der Waals surface area contributed by atoms with Crippen molar-refractivity contribution in [2.24, 2.45) is 14.1 Å². The molecule has 3 heterocycles. The third-order valence-corrected chi connectivity index (χ3v) is 4.94. The molecule has 0 fully saturated rings. The van der Waals surface area contributed by atoms with Crippen molar-refractivity contribution in [3.05, 3.63) is 45.5 Å². The normalized spacial score (nSPS) is 11.0. The zero-order valence-electron chi connectivity index (χ0n) is 14.6. The summed E-state index contributed by atoms with van der Waals surface area (Å²) in [5, 5.41) is 13.0. The maximum Gasteiger partial charge on any atom is 0.272 e. The van der Waals surface area contributed by atoms with Gasteiger partial charge in [0.2, 0.25) is 0 Å². The minimum absolute atomic E-state index is 0.0401. The molecule has 3 aromatic heterocycles. The molecule has 0 aromatic carbocycles. The molecular formula is C17H21N5OS. The van der Waals surface area contributed by atoms with Crippen molar-refractivity contribution in [2.75, 3.05) is 7.05 Å². The third-order valence-electron chi connectivity index (χ3n) is 4.21. The van der Waals surface area contributed by atoms with E-state index in [1.807, 2.05) is 50.1 Å². The Morgan fingerprint density at radius 3 is 2.58 bits per heavy atom.